The summed E-state index contributed by atoms with van der Waals surface area (Å²) in [7, 11) is 0. The molecule has 4 nitrogen and oxygen atoms in total. The van der Waals surface area contributed by atoms with E-state index in [1.165, 1.54) is 0 Å². The van der Waals surface area contributed by atoms with E-state index < -0.39 is 0 Å². The van der Waals surface area contributed by atoms with Crippen LogP contribution in [0.5, 0.6) is 0 Å². The molecule has 0 amide bonds. The molecular formula is C10H24CrO4. The summed E-state index contributed by atoms with van der Waals surface area (Å²) in [5.74, 6) is 0. The van der Waals surface area contributed by atoms with Crippen LogP contribution in [0.25, 0.3) is 0 Å². The van der Waals surface area contributed by atoms with Crippen LogP contribution in [-0.2, 0) is 17.4 Å². The van der Waals surface area contributed by atoms with Crippen LogP contribution in [0.2, 0.25) is 0 Å². The summed E-state index contributed by atoms with van der Waals surface area (Å²) in [6, 6.07) is 0. The summed E-state index contributed by atoms with van der Waals surface area (Å²) < 4.78 is 0. The quantitative estimate of drug-likeness (QED) is 0.585. The maximum atomic E-state index is 8.56. The van der Waals surface area contributed by atoms with Crippen LogP contribution in [0.1, 0.15) is 40.5 Å². The Morgan fingerprint density at radius 2 is 0.733 bits per heavy atom. The van der Waals surface area contributed by atoms with E-state index in [2.05, 4.69) is 0 Å². The van der Waals surface area contributed by atoms with Gasteiger partial charge in [-0.1, -0.05) is 0 Å². The standard InChI is InChI=1S/2C5H12O2.Cr/c2*1-4(6)3-5(2)7;/h2*4-7H,3H2,1-2H3;. The fourth-order valence-electron chi connectivity index (χ4n) is 0.987. The van der Waals surface area contributed by atoms with Crippen molar-refractivity contribution in [2.24, 2.45) is 0 Å². The minimum atomic E-state index is -0.375. The maximum Gasteiger partial charge on any atom is 0.0536 e. The van der Waals surface area contributed by atoms with Crippen LogP contribution in [0.4, 0.5) is 0 Å². The van der Waals surface area contributed by atoms with Crippen molar-refractivity contribution < 1.29 is 37.8 Å². The first-order chi connectivity index (χ1) is 6.25. The molecule has 0 spiro atoms. The van der Waals surface area contributed by atoms with Gasteiger partial charge in [0, 0.05) is 17.4 Å². The zero-order chi connectivity index (χ0) is 11.7. The molecule has 4 unspecified atom stereocenters. The smallest absolute Gasteiger partial charge is 0.0536 e. The van der Waals surface area contributed by atoms with Gasteiger partial charge >= 0.3 is 0 Å². The number of aliphatic hydroxyl groups excluding tert-OH is 4. The Morgan fingerprint density at radius 3 is 0.733 bits per heavy atom. The molecule has 0 aliphatic rings. The molecule has 0 heterocycles. The second-order valence-electron chi connectivity index (χ2n) is 3.87. The largest absolute Gasteiger partial charge is 0.393 e. The zero-order valence-electron chi connectivity index (χ0n) is 9.92. The zero-order valence-corrected chi connectivity index (χ0v) is 11.2. The van der Waals surface area contributed by atoms with Crippen LogP contribution in [0.3, 0.4) is 0 Å². The van der Waals surface area contributed by atoms with Gasteiger partial charge in [-0.15, -0.1) is 0 Å². The second-order valence-corrected chi connectivity index (χ2v) is 3.87. The summed E-state index contributed by atoms with van der Waals surface area (Å²) >= 11 is 0. The molecule has 4 N–H and O–H groups in total. The van der Waals surface area contributed by atoms with Gasteiger partial charge in [0.15, 0.2) is 0 Å². The molecule has 0 rings (SSSR count). The monoisotopic (exact) mass is 260 g/mol. The van der Waals surface area contributed by atoms with Crippen molar-refractivity contribution in [2.75, 3.05) is 0 Å². The van der Waals surface area contributed by atoms with Crippen molar-refractivity contribution in [2.45, 2.75) is 65.0 Å². The van der Waals surface area contributed by atoms with Crippen LogP contribution < -0.4 is 0 Å². The molecule has 0 fully saturated rings. The van der Waals surface area contributed by atoms with Crippen molar-refractivity contribution >= 4 is 0 Å². The molecule has 0 aliphatic heterocycles. The number of rotatable bonds is 4. The van der Waals surface area contributed by atoms with E-state index in [1.54, 1.807) is 27.7 Å². The van der Waals surface area contributed by atoms with Gasteiger partial charge < -0.3 is 20.4 Å². The fourth-order valence-corrected chi connectivity index (χ4v) is 0.987. The van der Waals surface area contributed by atoms with Crippen LogP contribution in [-0.4, -0.2) is 44.8 Å². The summed E-state index contributed by atoms with van der Waals surface area (Å²) in [5, 5.41) is 34.3. The summed E-state index contributed by atoms with van der Waals surface area (Å²) in [6.07, 6.45) is -0.556. The molecular weight excluding hydrogens is 236 g/mol. The van der Waals surface area contributed by atoms with Gasteiger partial charge in [-0.3, -0.25) is 0 Å². The molecule has 0 radical (unpaired) electrons. The van der Waals surface area contributed by atoms with Gasteiger partial charge in [0.25, 0.3) is 0 Å². The topological polar surface area (TPSA) is 80.9 Å². The van der Waals surface area contributed by atoms with E-state index in [9.17, 15) is 0 Å². The normalized spacial score (nSPS) is 17.6. The Hall–Kier alpha value is 0.372. The second kappa shape index (κ2) is 12.4. The molecule has 0 aromatic carbocycles. The number of hydrogen-bond acceptors (Lipinski definition) is 4. The Kier molecular flexibility index (Phi) is 17.2. The molecule has 0 aromatic rings. The summed E-state index contributed by atoms with van der Waals surface area (Å²) in [5.41, 5.74) is 0. The van der Waals surface area contributed by atoms with Gasteiger partial charge in [-0.05, 0) is 40.5 Å². The van der Waals surface area contributed by atoms with Gasteiger partial charge in [0.05, 0.1) is 24.4 Å². The molecule has 0 bridgehead atoms. The Bertz CT molecular complexity index is 90.0. The average Bonchev–Trinajstić information content (AvgIpc) is 1.79. The van der Waals surface area contributed by atoms with E-state index >= 15 is 0 Å². The summed E-state index contributed by atoms with van der Waals surface area (Å²) in [6.45, 7) is 6.64. The third-order valence-corrected chi connectivity index (χ3v) is 1.36. The Morgan fingerprint density at radius 1 is 0.600 bits per heavy atom. The predicted molar refractivity (Wildman–Crippen MR) is 56.0 cm³/mol. The van der Waals surface area contributed by atoms with Crippen molar-refractivity contribution in [3.05, 3.63) is 0 Å². The first kappa shape index (κ1) is 20.7. The Labute approximate surface area is 103 Å². The maximum absolute atomic E-state index is 8.56. The SMILES string of the molecule is CC(O)CC(C)O.CC(O)CC(C)O.[Cr]. The average molecular weight is 260 g/mol. The van der Waals surface area contributed by atoms with Crippen molar-refractivity contribution in [1.82, 2.24) is 0 Å². The van der Waals surface area contributed by atoms with Crippen molar-refractivity contribution in [1.29, 1.82) is 0 Å². The van der Waals surface area contributed by atoms with E-state index in [0.29, 0.717) is 12.8 Å². The first-order valence-electron chi connectivity index (χ1n) is 4.98. The molecule has 5 heteroatoms. The van der Waals surface area contributed by atoms with E-state index in [-0.39, 0.29) is 41.8 Å². The molecule has 94 valence electrons. The van der Waals surface area contributed by atoms with Crippen LogP contribution in [0.15, 0.2) is 0 Å². The fraction of sp³-hybridized carbons (Fsp3) is 1.00. The predicted octanol–water partition coefficient (Wildman–Crippen LogP) is 0.274. The van der Waals surface area contributed by atoms with Gasteiger partial charge in [-0.25, -0.2) is 0 Å². The van der Waals surface area contributed by atoms with Gasteiger partial charge in [0.1, 0.15) is 0 Å². The third-order valence-electron chi connectivity index (χ3n) is 1.36. The molecule has 15 heavy (non-hydrogen) atoms. The number of hydrogen-bond donors (Lipinski definition) is 4. The van der Waals surface area contributed by atoms with Gasteiger partial charge in [0.2, 0.25) is 0 Å². The summed E-state index contributed by atoms with van der Waals surface area (Å²) in [4.78, 5) is 0. The van der Waals surface area contributed by atoms with E-state index in [1.807, 2.05) is 0 Å². The molecule has 0 saturated carbocycles. The first-order valence-corrected chi connectivity index (χ1v) is 4.98. The van der Waals surface area contributed by atoms with Gasteiger partial charge in [-0.2, -0.15) is 0 Å². The molecule has 0 aromatic heterocycles. The van der Waals surface area contributed by atoms with Crippen molar-refractivity contribution in [3.8, 4) is 0 Å². The van der Waals surface area contributed by atoms with E-state index in [0.717, 1.165) is 0 Å². The molecule has 0 aliphatic carbocycles. The Balaban J connectivity index is -0.000000180. The van der Waals surface area contributed by atoms with Crippen molar-refractivity contribution in [3.63, 3.8) is 0 Å². The number of aliphatic hydroxyl groups is 4. The molecule has 0 saturated heterocycles. The molecule has 4 atom stereocenters. The van der Waals surface area contributed by atoms with Crippen LogP contribution >= 0.6 is 0 Å². The van der Waals surface area contributed by atoms with E-state index in [4.69, 9.17) is 20.4 Å². The van der Waals surface area contributed by atoms with Crippen LogP contribution in [0, 0.1) is 0 Å². The third kappa shape index (κ3) is 31.4. The minimum Gasteiger partial charge on any atom is -0.393 e. The minimum absolute atomic E-state index is 0.